The van der Waals surface area contributed by atoms with Gasteiger partial charge in [0.1, 0.15) is 63.0 Å². The van der Waals surface area contributed by atoms with E-state index in [1.54, 1.807) is 10.6 Å². The highest BCUT2D eigenvalue weighted by molar-refractivity contribution is 7.86. The third-order valence-electron chi connectivity index (χ3n) is 7.42. The van der Waals surface area contributed by atoms with E-state index in [4.69, 9.17) is 9.47 Å². The summed E-state index contributed by atoms with van der Waals surface area (Å²) in [5.74, 6) is -4.97. The Morgan fingerprint density at radius 1 is 0.627 bits per heavy atom. The van der Waals surface area contributed by atoms with Gasteiger partial charge in [0.05, 0.1) is 29.2 Å². The topological polar surface area (TPSA) is 412 Å². The van der Waals surface area contributed by atoms with Crippen molar-refractivity contribution in [3.8, 4) is 23.0 Å². The van der Waals surface area contributed by atoms with Crippen LogP contribution in [-0.2, 0) is 39.9 Å². The molecule has 312 valence electrons. The molecule has 0 spiro atoms. The summed E-state index contributed by atoms with van der Waals surface area (Å²) in [6.45, 7) is -2.01. The van der Waals surface area contributed by atoms with Gasteiger partial charge in [-0.3, -0.25) is 33.9 Å². The highest BCUT2D eigenvalue weighted by Crippen LogP contribution is 2.47. The lowest BCUT2D eigenvalue weighted by Crippen LogP contribution is -2.57. The standard InChI is InChI=1S/C30H26N8O18S3/c39-3-5-55-20-12-18(36-37-25-23(59(52,53)54)8-13-7-15(57(46,47)48)10-19(41)24(13)27(25)42)21(56-6-4-40)11-17(20)35-34-16-2-1-14(9-22(16)58(49,50)51)33-38-26-28(43)31-30(45)32-29(26)44/h1-2,7-12,26,39-42H,3-6H2,(H,46,47,48)(H,49,50,51)(H,52,53,54)(H2,31,32,43,44,45). The first-order chi connectivity index (χ1) is 27.6. The number of fused-ring (bicyclic) bond motifs is 1. The van der Waals surface area contributed by atoms with E-state index in [9.17, 15) is 73.7 Å². The van der Waals surface area contributed by atoms with Gasteiger partial charge in [-0.2, -0.15) is 35.5 Å². The fourth-order valence-corrected chi connectivity index (χ4v) is 6.76. The number of phenols is 2. The Kier molecular flexibility index (Phi) is 12.6. The lowest BCUT2D eigenvalue weighted by Gasteiger charge is -2.16. The van der Waals surface area contributed by atoms with Crippen molar-refractivity contribution in [1.82, 2.24) is 10.6 Å². The van der Waals surface area contributed by atoms with Gasteiger partial charge >= 0.3 is 6.03 Å². The van der Waals surface area contributed by atoms with Gasteiger partial charge in [-0.05, 0) is 35.7 Å². The summed E-state index contributed by atoms with van der Waals surface area (Å²) in [6, 6.07) is 3.79. The van der Waals surface area contributed by atoms with Gasteiger partial charge in [-0.25, -0.2) is 4.79 Å². The van der Waals surface area contributed by atoms with Crippen LogP contribution in [0.15, 0.2) is 93.9 Å². The summed E-state index contributed by atoms with van der Waals surface area (Å²) < 4.78 is 113. The molecule has 0 aliphatic carbocycles. The van der Waals surface area contributed by atoms with E-state index in [0.717, 1.165) is 30.3 Å². The maximum atomic E-state index is 12.4. The largest absolute Gasteiger partial charge is 0.507 e. The van der Waals surface area contributed by atoms with Gasteiger partial charge in [0.2, 0.25) is 6.04 Å². The number of rotatable bonds is 15. The molecule has 1 fully saturated rings. The number of ether oxygens (including phenoxy) is 2. The summed E-state index contributed by atoms with van der Waals surface area (Å²) >= 11 is 0. The van der Waals surface area contributed by atoms with Gasteiger partial charge in [-0.15, -0.1) is 20.5 Å². The fourth-order valence-electron chi connectivity index (χ4n) is 4.92. The number of aliphatic hydroxyl groups excluding tert-OH is 2. The molecular weight excluding hydrogens is 857 g/mol. The van der Waals surface area contributed by atoms with Gasteiger partial charge < -0.3 is 29.9 Å². The quantitative estimate of drug-likeness (QED) is 0.0470. The summed E-state index contributed by atoms with van der Waals surface area (Å²) in [4.78, 5) is 32.2. The summed E-state index contributed by atoms with van der Waals surface area (Å²) in [5, 5.41) is 65.3. The second-order valence-electron chi connectivity index (χ2n) is 11.4. The zero-order valence-corrected chi connectivity index (χ0v) is 31.5. The third kappa shape index (κ3) is 10.1. The number of nitrogens with zero attached hydrogens (tertiary/aromatic N) is 6. The summed E-state index contributed by atoms with van der Waals surface area (Å²) in [7, 11) is -15.3. The fraction of sp³-hybridized carbons (Fsp3) is 0.167. The Hall–Kier alpha value is -6.60. The van der Waals surface area contributed by atoms with Crippen molar-refractivity contribution in [2.45, 2.75) is 20.7 Å². The van der Waals surface area contributed by atoms with Crippen molar-refractivity contribution < 1.29 is 83.2 Å². The van der Waals surface area contributed by atoms with Crippen molar-refractivity contribution in [1.29, 1.82) is 0 Å². The van der Waals surface area contributed by atoms with Gasteiger partial charge in [-0.1, -0.05) is 0 Å². The molecule has 1 aliphatic rings. The lowest BCUT2D eigenvalue weighted by atomic mass is 10.1. The SMILES string of the molecule is O=C1NC(=O)C(N=Nc2ccc(N=Nc3cc(OCCO)c(N=Nc4c(S(=O)(=O)O)cc5cc(S(=O)(=O)O)cc(O)c5c4O)cc3OCCO)c(S(=O)(=O)O)c2)C(=O)N1. The van der Waals surface area contributed by atoms with Crippen LogP contribution in [-0.4, -0.2) is 110 Å². The number of aromatic hydroxyl groups is 2. The zero-order chi connectivity index (χ0) is 43.4. The average Bonchev–Trinajstić information content (AvgIpc) is 3.13. The number of imide groups is 2. The lowest BCUT2D eigenvalue weighted by molar-refractivity contribution is -0.131. The van der Waals surface area contributed by atoms with Crippen LogP contribution in [0.4, 0.5) is 33.2 Å². The van der Waals surface area contributed by atoms with Gasteiger partial charge in [0.25, 0.3) is 42.2 Å². The number of aliphatic hydroxyl groups is 2. The highest BCUT2D eigenvalue weighted by atomic mass is 32.2. The first-order valence-corrected chi connectivity index (χ1v) is 20.1. The first kappa shape index (κ1) is 43.5. The van der Waals surface area contributed by atoms with Crippen molar-refractivity contribution >= 4 is 87.4 Å². The molecule has 0 saturated carbocycles. The molecule has 1 aliphatic heterocycles. The van der Waals surface area contributed by atoms with Crippen LogP contribution >= 0.6 is 0 Å². The Bertz CT molecular complexity index is 2810. The molecule has 1 saturated heterocycles. The van der Waals surface area contributed by atoms with Crippen LogP contribution in [0.25, 0.3) is 10.8 Å². The molecule has 1 heterocycles. The van der Waals surface area contributed by atoms with E-state index in [-0.39, 0.29) is 28.6 Å². The molecule has 29 heteroatoms. The van der Waals surface area contributed by atoms with Crippen LogP contribution < -0.4 is 20.1 Å². The van der Waals surface area contributed by atoms with Gasteiger partial charge in [0, 0.05) is 18.2 Å². The van der Waals surface area contributed by atoms with Crippen LogP contribution in [0.3, 0.4) is 0 Å². The predicted molar refractivity (Wildman–Crippen MR) is 193 cm³/mol. The minimum atomic E-state index is -5.30. The van der Waals surface area contributed by atoms with E-state index in [2.05, 4.69) is 30.7 Å². The Morgan fingerprint density at radius 2 is 1.17 bits per heavy atom. The number of phenolic OH excluding ortho intramolecular Hbond substituents is 2. The minimum Gasteiger partial charge on any atom is -0.507 e. The van der Waals surface area contributed by atoms with E-state index >= 15 is 0 Å². The van der Waals surface area contributed by atoms with E-state index in [0.29, 0.717) is 18.2 Å². The molecular formula is C30H26N8O18S3. The van der Waals surface area contributed by atoms with Crippen LogP contribution in [0.5, 0.6) is 23.0 Å². The van der Waals surface area contributed by atoms with E-state index in [1.807, 2.05) is 0 Å². The van der Waals surface area contributed by atoms with Crippen molar-refractivity contribution in [3.05, 3.63) is 48.5 Å². The zero-order valence-electron chi connectivity index (χ0n) is 29.1. The number of carbonyl (C=O) groups is 3. The molecule has 5 rings (SSSR count). The molecule has 0 radical (unpaired) electrons. The molecule has 0 aromatic heterocycles. The van der Waals surface area contributed by atoms with Crippen LogP contribution in [0, 0.1) is 0 Å². The number of carbonyl (C=O) groups excluding carboxylic acids is 3. The molecule has 26 nitrogen and oxygen atoms in total. The molecule has 0 atom stereocenters. The van der Waals surface area contributed by atoms with Crippen LogP contribution in [0.1, 0.15) is 0 Å². The van der Waals surface area contributed by atoms with E-state index < -0.39 is 129 Å². The molecule has 59 heavy (non-hydrogen) atoms. The minimum absolute atomic E-state index is 0.300. The van der Waals surface area contributed by atoms with Crippen LogP contribution in [0.2, 0.25) is 0 Å². The van der Waals surface area contributed by atoms with Crippen molar-refractivity contribution in [3.63, 3.8) is 0 Å². The Balaban J connectivity index is 1.60. The highest BCUT2D eigenvalue weighted by Gasteiger charge is 2.34. The smallest absolute Gasteiger partial charge is 0.328 e. The second-order valence-corrected chi connectivity index (χ2v) is 15.6. The molecule has 4 amide bonds. The predicted octanol–water partition coefficient (Wildman–Crippen LogP) is 2.38. The molecule has 4 aromatic carbocycles. The Morgan fingerprint density at radius 3 is 1.69 bits per heavy atom. The molecule has 0 unspecified atom stereocenters. The molecule has 9 N–H and O–H groups in total. The number of amides is 4. The molecule has 0 bridgehead atoms. The van der Waals surface area contributed by atoms with Crippen molar-refractivity contribution in [2.24, 2.45) is 30.7 Å². The normalized spacial score (nSPS) is 14.4. The van der Waals surface area contributed by atoms with Gasteiger partial charge in [0.15, 0.2) is 5.75 Å². The maximum absolute atomic E-state index is 12.4. The third-order valence-corrected chi connectivity index (χ3v) is 10.0. The number of urea groups is 1. The number of azo groups is 3. The first-order valence-electron chi connectivity index (χ1n) is 15.8. The Labute approximate surface area is 329 Å². The number of hydrogen-bond donors (Lipinski definition) is 9. The number of hydrogen-bond acceptors (Lipinski definition) is 21. The maximum Gasteiger partial charge on any atom is 0.328 e. The molecule has 4 aromatic rings. The average molecular weight is 883 g/mol. The number of nitrogens with one attached hydrogen (secondary N) is 2. The monoisotopic (exact) mass is 882 g/mol. The summed E-state index contributed by atoms with van der Waals surface area (Å²) in [6.07, 6.45) is 0. The number of barbiturate groups is 1. The summed E-state index contributed by atoms with van der Waals surface area (Å²) in [5.41, 5.74) is -2.52. The number of benzene rings is 4. The van der Waals surface area contributed by atoms with E-state index in [1.165, 1.54) is 0 Å². The second kappa shape index (κ2) is 17.1. The van der Waals surface area contributed by atoms with Crippen molar-refractivity contribution in [2.75, 3.05) is 26.4 Å².